The first kappa shape index (κ1) is 25.0. The van der Waals surface area contributed by atoms with Crippen molar-refractivity contribution >= 4 is 53.7 Å². The molecule has 1 aliphatic heterocycles. The van der Waals surface area contributed by atoms with Gasteiger partial charge in [0.05, 0.1) is 12.1 Å². The van der Waals surface area contributed by atoms with Crippen molar-refractivity contribution < 1.29 is 9.53 Å². The first-order valence-electron chi connectivity index (χ1n) is 8.81. The van der Waals surface area contributed by atoms with Gasteiger partial charge in [0, 0.05) is 16.9 Å². The van der Waals surface area contributed by atoms with Gasteiger partial charge >= 0.3 is 0 Å². The summed E-state index contributed by atoms with van der Waals surface area (Å²) in [6.45, 7) is 5.40. The van der Waals surface area contributed by atoms with Gasteiger partial charge in [-0.25, -0.2) is 4.98 Å². The zero-order valence-corrected chi connectivity index (χ0v) is 18.9. The van der Waals surface area contributed by atoms with Gasteiger partial charge in [0.1, 0.15) is 17.4 Å². The number of carbonyl (C=O) groups is 1. The summed E-state index contributed by atoms with van der Waals surface area (Å²) < 4.78 is 5.69. The van der Waals surface area contributed by atoms with Gasteiger partial charge in [-0.1, -0.05) is 18.5 Å². The largest absolute Gasteiger partial charge is 0.486 e. The minimum Gasteiger partial charge on any atom is -0.486 e. The number of piperidine rings is 1. The third-order valence-corrected chi connectivity index (χ3v) is 5.76. The van der Waals surface area contributed by atoms with Gasteiger partial charge < -0.3 is 15.4 Å². The lowest BCUT2D eigenvalue weighted by Gasteiger charge is -2.34. The fraction of sp³-hybridized carbons (Fsp3) is 0.474. The smallest absolute Gasteiger partial charge is 0.226 e. The van der Waals surface area contributed by atoms with Gasteiger partial charge in [0.25, 0.3) is 0 Å². The first-order chi connectivity index (χ1) is 12.5. The number of benzene rings is 1. The molecule has 0 unspecified atom stereocenters. The van der Waals surface area contributed by atoms with E-state index in [1.165, 1.54) is 11.3 Å². The maximum absolute atomic E-state index is 12.2. The number of nitrogens with zero attached hydrogens (tertiary/aromatic N) is 1. The molecule has 3 rings (SSSR count). The highest BCUT2D eigenvalue weighted by atomic mass is 35.5. The molecular weight excluding hydrogens is 441 g/mol. The van der Waals surface area contributed by atoms with Crippen molar-refractivity contribution in [2.24, 2.45) is 5.41 Å². The third-order valence-electron chi connectivity index (χ3n) is 4.64. The predicted octanol–water partition coefficient (Wildman–Crippen LogP) is 4.27. The highest BCUT2D eigenvalue weighted by molar-refractivity contribution is 7.09. The number of halogens is 3. The predicted molar refractivity (Wildman–Crippen MR) is 119 cm³/mol. The summed E-state index contributed by atoms with van der Waals surface area (Å²) in [5, 5.41) is 9.88. The van der Waals surface area contributed by atoms with Crippen LogP contribution in [-0.2, 0) is 17.8 Å². The van der Waals surface area contributed by atoms with Gasteiger partial charge in [-0.15, -0.1) is 36.2 Å². The van der Waals surface area contributed by atoms with E-state index >= 15 is 0 Å². The van der Waals surface area contributed by atoms with Crippen LogP contribution in [0.15, 0.2) is 29.6 Å². The van der Waals surface area contributed by atoms with E-state index in [0.717, 1.165) is 48.9 Å². The molecule has 28 heavy (non-hydrogen) atoms. The Labute approximate surface area is 187 Å². The normalized spacial score (nSPS) is 15.1. The van der Waals surface area contributed by atoms with E-state index in [1.807, 2.05) is 17.5 Å². The van der Waals surface area contributed by atoms with Crippen molar-refractivity contribution in [1.82, 2.24) is 15.6 Å². The molecule has 1 aromatic heterocycles. The van der Waals surface area contributed by atoms with E-state index in [0.29, 0.717) is 18.1 Å². The monoisotopic (exact) mass is 465 g/mol. The summed E-state index contributed by atoms with van der Waals surface area (Å²) in [6.07, 6.45) is 2.50. The van der Waals surface area contributed by atoms with Gasteiger partial charge in [-0.3, -0.25) is 4.79 Å². The Morgan fingerprint density at radius 3 is 2.64 bits per heavy atom. The second kappa shape index (κ2) is 11.8. The number of nitrogens with one attached hydrogen (secondary N) is 2. The molecule has 0 radical (unpaired) electrons. The highest BCUT2D eigenvalue weighted by Crippen LogP contribution is 2.26. The molecule has 1 aliphatic rings. The number of aromatic nitrogens is 1. The number of rotatable bonds is 7. The number of hydrogen-bond acceptors (Lipinski definition) is 5. The van der Waals surface area contributed by atoms with Crippen LogP contribution in [0.2, 0.25) is 5.02 Å². The van der Waals surface area contributed by atoms with Crippen LogP contribution < -0.4 is 15.4 Å². The van der Waals surface area contributed by atoms with Crippen LogP contribution in [0.25, 0.3) is 0 Å². The zero-order chi connectivity index (χ0) is 18.4. The molecule has 2 N–H and O–H groups in total. The Kier molecular flexibility index (Phi) is 10.6. The van der Waals surface area contributed by atoms with Gasteiger partial charge in [0.15, 0.2) is 0 Å². The Balaban J connectivity index is 0.00000196. The molecule has 5 nitrogen and oxygen atoms in total. The summed E-state index contributed by atoms with van der Waals surface area (Å²) in [4.78, 5) is 16.7. The quantitative estimate of drug-likeness (QED) is 0.640. The second-order valence-corrected chi connectivity index (χ2v) is 8.37. The Morgan fingerprint density at radius 2 is 1.96 bits per heavy atom. The molecule has 9 heteroatoms. The van der Waals surface area contributed by atoms with E-state index in [-0.39, 0.29) is 36.1 Å². The summed E-state index contributed by atoms with van der Waals surface area (Å²) in [5.74, 6) is 0.777. The molecule has 0 aliphatic carbocycles. The maximum atomic E-state index is 12.2. The summed E-state index contributed by atoms with van der Waals surface area (Å²) in [5.41, 5.74) is 0.985. The fourth-order valence-electron chi connectivity index (χ4n) is 2.92. The van der Waals surface area contributed by atoms with Crippen LogP contribution in [0.3, 0.4) is 0 Å². The third kappa shape index (κ3) is 7.76. The van der Waals surface area contributed by atoms with Crippen LogP contribution in [0.4, 0.5) is 0 Å². The molecule has 1 amide bonds. The van der Waals surface area contributed by atoms with Crippen molar-refractivity contribution in [3.05, 3.63) is 45.4 Å². The first-order valence-corrected chi connectivity index (χ1v) is 10.1. The van der Waals surface area contributed by atoms with Crippen LogP contribution in [-0.4, -0.2) is 30.5 Å². The van der Waals surface area contributed by atoms with E-state index in [1.54, 1.807) is 12.1 Å². The molecule has 156 valence electrons. The molecule has 0 atom stereocenters. The zero-order valence-electron chi connectivity index (χ0n) is 15.7. The average Bonchev–Trinajstić information content (AvgIpc) is 3.08. The molecule has 1 fully saturated rings. The topological polar surface area (TPSA) is 63.2 Å². The lowest BCUT2D eigenvalue weighted by atomic mass is 9.81. The number of amides is 1. The van der Waals surface area contributed by atoms with Gasteiger partial charge in [-0.2, -0.15) is 0 Å². The molecule has 2 heterocycles. The van der Waals surface area contributed by atoms with Gasteiger partial charge in [0.2, 0.25) is 5.91 Å². The fourth-order valence-corrected chi connectivity index (χ4v) is 3.75. The molecule has 2 aromatic rings. The Hall–Kier alpha value is -1.05. The van der Waals surface area contributed by atoms with Crippen molar-refractivity contribution in [2.75, 3.05) is 19.6 Å². The molecule has 0 spiro atoms. The average molecular weight is 467 g/mol. The summed E-state index contributed by atoms with van der Waals surface area (Å²) >= 11 is 7.37. The lowest BCUT2D eigenvalue weighted by molar-refractivity contribution is -0.121. The lowest BCUT2D eigenvalue weighted by Crippen LogP contribution is -2.43. The summed E-state index contributed by atoms with van der Waals surface area (Å²) in [7, 11) is 0. The molecular formula is C19H26Cl3N3O2S. The SMILES string of the molecule is CC1(CNC(=O)Cc2csc(COc3ccc(Cl)cc3)n2)CCNCC1.Cl.Cl. The molecule has 1 saturated heterocycles. The molecule has 0 bridgehead atoms. The second-order valence-electron chi connectivity index (χ2n) is 6.99. The summed E-state index contributed by atoms with van der Waals surface area (Å²) in [6, 6.07) is 7.23. The van der Waals surface area contributed by atoms with Crippen LogP contribution >= 0.6 is 47.8 Å². The van der Waals surface area contributed by atoms with Crippen molar-refractivity contribution in [1.29, 1.82) is 0 Å². The van der Waals surface area contributed by atoms with E-state index in [9.17, 15) is 4.79 Å². The Morgan fingerprint density at radius 1 is 1.29 bits per heavy atom. The highest BCUT2D eigenvalue weighted by Gasteiger charge is 2.27. The van der Waals surface area contributed by atoms with Crippen LogP contribution in [0, 0.1) is 5.41 Å². The van der Waals surface area contributed by atoms with E-state index in [4.69, 9.17) is 16.3 Å². The van der Waals surface area contributed by atoms with E-state index in [2.05, 4.69) is 22.5 Å². The van der Waals surface area contributed by atoms with Crippen molar-refractivity contribution in [3.63, 3.8) is 0 Å². The number of carbonyl (C=O) groups excluding carboxylic acids is 1. The minimum atomic E-state index is 0. The molecule has 1 aromatic carbocycles. The Bertz CT molecular complexity index is 734. The number of thiazole rings is 1. The minimum absolute atomic E-state index is 0. The maximum Gasteiger partial charge on any atom is 0.226 e. The van der Waals surface area contributed by atoms with Crippen molar-refractivity contribution in [3.8, 4) is 5.75 Å². The number of ether oxygens (including phenoxy) is 1. The standard InChI is InChI=1S/C19H24ClN3O2S.2ClH/c1-19(6-8-21-9-7-19)13-22-17(24)10-15-12-26-18(23-15)11-25-16-4-2-14(20)3-5-16;;/h2-5,12,21H,6-11,13H2,1H3,(H,22,24);2*1H. The van der Waals surface area contributed by atoms with Gasteiger partial charge in [-0.05, 0) is 55.6 Å². The van der Waals surface area contributed by atoms with Crippen LogP contribution in [0.1, 0.15) is 30.5 Å². The number of hydrogen-bond donors (Lipinski definition) is 2. The molecule has 0 saturated carbocycles. The van der Waals surface area contributed by atoms with E-state index < -0.39 is 0 Å². The van der Waals surface area contributed by atoms with Crippen LogP contribution in [0.5, 0.6) is 5.75 Å². The van der Waals surface area contributed by atoms with Crippen molar-refractivity contribution in [2.45, 2.75) is 32.8 Å².